The average Bonchev–Trinajstić information content (AvgIpc) is 3.75. The Morgan fingerprint density at radius 1 is 0.259 bits per heavy atom. The van der Waals surface area contributed by atoms with E-state index in [1.807, 2.05) is 18.2 Å². The van der Waals surface area contributed by atoms with Crippen LogP contribution in [0.4, 0.5) is 17.1 Å². The van der Waals surface area contributed by atoms with Crippen LogP contribution < -0.4 is 4.90 Å². The van der Waals surface area contributed by atoms with Gasteiger partial charge in [0, 0.05) is 28.0 Å². The van der Waals surface area contributed by atoms with Crippen molar-refractivity contribution >= 4 is 28.0 Å². The number of para-hydroxylation sites is 1. The van der Waals surface area contributed by atoms with Crippen molar-refractivity contribution in [2.45, 2.75) is 0 Å². The molecule has 274 valence electrons. The SMILES string of the molecule is c1ccc(-c2ccccc2-c2ccc(N(c3ccc(-c4cccc(-c5cc6ccccc6o5)c4)cc3)c3ccc(-c4ccccc4-c4ccccc4)cc3)cc2)cc1. The van der Waals surface area contributed by atoms with Crippen molar-refractivity contribution in [2.24, 2.45) is 0 Å². The molecule has 58 heavy (non-hydrogen) atoms. The van der Waals surface area contributed by atoms with E-state index in [-0.39, 0.29) is 0 Å². The quantitative estimate of drug-likeness (QED) is 0.146. The zero-order valence-electron chi connectivity index (χ0n) is 31.9. The van der Waals surface area contributed by atoms with E-state index in [9.17, 15) is 0 Å². The van der Waals surface area contributed by atoms with Crippen LogP contribution in [0.3, 0.4) is 0 Å². The molecule has 0 unspecified atom stereocenters. The van der Waals surface area contributed by atoms with Crippen LogP contribution in [0, 0.1) is 0 Å². The van der Waals surface area contributed by atoms with E-state index in [4.69, 9.17) is 4.42 Å². The van der Waals surface area contributed by atoms with E-state index in [2.05, 4.69) is 223 Å². The van der Waals surface area contributed by atoms with E-state index in [1.54, 1.807) is 0 Å². The fourth-order valence-corrected chi connectivity index (χ4v) is 8.02. The van der Waals surface area contributed by atoms with Crippen molar-refractivity contribution in [3.63, 3.8) is 0 Å². The lowest BCUT2D eigenvalue weighted by molar-refractivity contribution is 0.631. The van der Waals surface area contributed by atoms with E-state index in [0.29, 0.717) is 0 Å². The summed E-state index contributed by atoms with van der Waals surface area (Å²) in [7, 11) is 0. The zero-order chi connectivity index (χ0) is 38.7. The first kappa shape index (κ1) is 34.8. The minimum absolute atomic E-state index is 0.871. The molecular formula is C56H39NO. The fourth-order valence-electron chi connectivity index (χ4n) is 8.02. The molecule has 1 aromatic heterocycles. The highest BCUT2D eigenvalue weighted by atomic mass is 16.3. The van der Waals surface area contributed by atoms with Gasteiger partial charge in [-0.25, -0.2) is 0 Å². The molecule has 0 aliphatic heterocycles. The predicted octanol–water partition coefficient (Wildman–Crippen LogP) is 15.9. The van der Waals surface area contributed by atoms with Crippen LogP contribution in [0.1, 0.15) is 0 Å². The molecule has 0 saturated carbocycles. The normalized spacial score (nSPS) is 11.1. The maximum atomic E-state index is 6.22. The number of furan rings is 1. The Hall–Kier alpha value is -7.68. The van der Waals surface area contributed by atoms with Gasteiger partial charge in [-0.1, -0.05) is 182 Å². The monoisotopic (exact) mass is 741 g/mol. The first-order valence-corrected chi connectivity index (χ1v) is 19.7. The number of hydrogen-bond acceptors (Lipinski definition) is 2. The third-order valence-corrected chi connectivity index (χ3v) is 10.9. The number of nitrogens with zero attached hydrogens (tertiary/aromatic N) is 1. The van der Waals surface area contributed by atoms with Gasteiger partial charge in [-0.3, -0.25) is 0 Å². The van der Waals surface area contributed by atoms with Gasteiger partial charge >= 0.3 is 0 Å². The standard InChI is InChI=1S/C56H39NO/c1-3-14-41(15-4-1)51-21-8-10-23-53(51)43-28-34-49(35-29-43)57(50-36-30-44(31-37-50)54-24-11-9-22-52(54)42-16-5-2-6-17-42)48-32-26-40(27-33-48)45-19-13-20-46(38-45)56-39-47-18-7-12-25-55(47)58-56/h1-39H. The predicted molar refractivity (Wildman–Crippen MR) is 244 cm³/mol. The minimum atomic E-state index is 0.871. The Kier molecular flexibility index (Phi) is 9.27. The zero-order valence-corrected chi connectivity index (χ0v) is 31.9. The van der Waals surface area contributed by atoms with Crippen LogP contribution in [0.25, 0.3) is 77.9 Å². The Labute approximate surface area is 339 Å². The third-order valence-electron chi connectivity index (χ3n) is 10.9. The van der Waals surface area contributed by atoms with Crippen molar-refractivity contribution in [2.75, 3.05) is 4.90 Å². The summed E-state index contributed by atoms with van der Waals surface area (Å²) in [5.74, 6) is 0.871. The lowest BCUT2D eigenvalue weighted by Gasteiger charge is -2.26. The second-order valence-electron chi connectivity index (χ2n) is 14.5. The van der Waals surface area contributed by atoms with Crippen LogP contribution in [0.15, 0.2) is 241 Å². The van der Waals surface area contributed by atoms with Crippen molar-refractivity contribution in [1.82, 2.24) is 0 Å². The van der Waals surface area contributed by atoms with Gasteiger partial charge in [-0.15, -0.1) is 0 Å². The molecular weight excluding hydrogens is 703 g/mol. The number of rotatable bonds is 9. The van der Waals surface area contributed by atoms with Gasteiger partial charge in [0.05, 0.1) is 0 Å². The first-order valence-electron chi connectivity index (χ1n) is 19.7. The van der Waals surface area contributed by atoms with Crippen LogP contribution in [-0.4, -0.2) is 0 Å². The summed E-state index contributed by atoms with van der Waals surface area (Å²) in [4.78, 5) is 2.34. The van der Waals surface area contributed by atoms with E-state index < -0.39 is 0 Å². The van der Waals surface area contributed by atoms with Gasteiger partial charge in [-0.05, 0) is 110 Å². The summed E-state index contributed by atoms with van der Waals surface area (Å²) in [6, 6.07) is 84.2. The lowest BCUT2D eigenvalue weighted by atomic mass is 9.94. The number of hydrogen-bond donors (Lipinski definition) is 0. The molecule has 2 heteroatoms. The highest BCUT2D eigenvalue weighted by Gasteiger charge is 2.16. The molecule has 0 amide bonds. The van der Waals surface area contributed by atoms with Gasteiger partial charge in [0.1, 0.15) is 11.3 Å². The van der Waals surface area contributed by atoms with Gasteiger partial charge in [0.25, 0.3) is 0 Å². The highest BCUT2D eigenvalue weighted by Crippen LogP contribution is 2.40. The molecule has 2 nitrogen and oxygen atoms in total. The highest BCUT2D eigenvalue weighted by molar-refractivity contribution is 5.88. The van der Waals surface area contributed by atoms with E-state index >= 15 is 0 Å². The maximum absolute atomic E-state index is 6.22. The van der Waals surface area contributed by atoms with Crippen molar-refractivity contribution < 1.29 is 4.42 Å². The Morgan fingerprint density at radius 3 is 1.12 bits per heavy atom. The fraction of sp³-hybridized carbons (Fsp3) is 0. The summed E-state index contributed by atoms with van der Waals surface area (Å²) in [5, 5.41) is 1.11. The van der Waals surface area contributed by atoms with E-state index in [0.717, 1.165) is 50.5 Å². The van der Waals surface area contributed by atoms with Crippen LogP contribution in [0.2, 0.25) is 0 Å². The molecule has 0 saturated heterocycles. The summed E-state index contributed by atoms with van der Waals surface area (Å²) >= 11 is 0. The molecule has 0 radical (unpaired) electrons. The molecule has 0 N–H and O–H groups in total. The van der Waals surface area contributed by atoms with Crippen LogP contribution >= 0.6 is 0 Å². The summed E-state index contributed by atoms with van der Waals surface area (Å²) < 4.78 is 6.22. The van der Waals surface area contributed by atoms with Gasteiger partial charge in [0.2, 0.25) is 0 Å². The molecule has 10 rings (SSSR count). The molecule has 0 spiro atoms. The van der Waals surface area contributed by atoms with Gasteiger partial charge in [-0.2, -0.15) is 0 Å². The molecule has 0 aliphatic rings. The average molecular weight is 742 g/mol. The topological polar surface area (TPSA) is 16.4 Å². The summed E-state index contributed by atoms with van der Waals surface area (Å²) in [5.41, 5.74) is 17.1. The molecule has 0 bridgehead atoms. The van der Waals surface area contributed by atoms with Crippen molar-refractivity contribution in [3.8, 4) is 67.0 Å². The Morgan fingerprint density at radius 2 is 0.638 bits per heavy atom. The van der Waals surface area contributed by atoms with Gasteiger partial charge in [0.15, 0.2) is 0 Å². The number of fused-ring (bicyclic) bond motifs is 1. The van der Waals surface area contributed by atoms with E-state index in [1.165, 1.54) is 44.5 Å². The maximum Gasteiger partial charge on any atom is 0.135 e. The summed E-state index contributed by atoms with van der Waals surface area (Å²) in [6.07, 6.45) is 0. The molecule has 10 aromatic rings. The minimum Gasteiger partial charge on any atom is -0.456 e. The first-order chi connectivity index (χ1) is 28.7. The largest absolute Gasteiger partial charge is 0.456 e. The summed E-state index contributed by atoms with van der Waals surface area (Å²) in [6.45, 7) is 0. The van der Waals surface area contributed by atoms with Gasteiger partial charge < -0.3 is 9.32 Å². The molecule has 0 aliphatic carbocycles. The third kappa shape index (κ3) is 6.89. The second kappa shape index (κ2) is 15.5. The van der Waals surface area contributed by atoms with Crippen LogP contribution in [0.5, 0.6) is 0 Å². The van der Waals surface area contributed by atoms with Crippen molar-refractivity contribution in [3.05, 3.63) is 237 Å². The Balaban J connectivity index is 1.02. The molecule has 1 heterocycles. The molecule has 9 aromatic carbocycles. The number of anilines is 3. The Bertz CT molecular complexity index is 2800. The van der Waals surface area contributed by atoms with Crippen LogP contribution in [-0.2, 0) is 0 Å². The lowest BCUT2D eigenvalue weighted by Crippen LogP contribution is -2.09. The molecule has 0 fully saturated rings. The number of benzene rings is 9. The molecule has 0 atom stereocenters. The van der Waals surface area contributed by atoms with Crippen molar-refractivity contribution in [1.29, 1.82) is 0 Å². The smallest absolute Gasteiger partial charge is 0.135 e. The second-order valence-corrected chi connectivity index (χ2v) is 14.5.